The Morgan fingerprint density at radius 3 is 2.38 bits per heavy atom. The van der Waals surface area contributed by atoms with Crippen molar-refractivity contribution in [2.24, 2.45) is 0 Å². The van der Waals surface area contributed by atoms with Crippen LogP contribution in [0.2, 0.25) is 0 Å². The van der Waals surface area contributed by atoms with Crippen LogP contribution in [0.3, 0.4) is 0 Å². The fraction of sp³-hybridized carbons (Fsp3) is 0.429. The van der Waals surface area contributed by atoms with Gasteiger partial charge in [0.05, 0.1) is 11.2 Å². The number of anilines is 2. The van der Waals surface area contributed by atoms with Gasteiger partial charge in [-0.05, 0) is 30.4 Å². The van der Waals surface area contributed by atoms with Crippen molar-refractivity contribution in [1.82, 2.24) is 0 Å². The van der Waals surface area contributed by atoms with Crippen molar-refractivity contribution < 1.29 is 18.3 Å². The van der Waals surface area contributed by atoms with E-state index in [1.165, 1.54) is 12.2 Å². The molecule has 0 amide bonds. The van der Waals surface area contributed by atoms with E-state index in [0.717, 1.165) is 17.9 Å². The first-order valence-electron chi connectivity index (χ1n) is 6.32. The molecule has 118 valence electrons. The number of halogens is 3. The summed E-state index contributed by atoms with van der Waals surface area (Å²) in [5.74, 6) is 1.34. The summed E-state index contributed by atoms with van der Waals surface area (Å²) in [7, 11) is 0. The smallest absolute Gasteiger partial charge is 0.398 e. The summed E-state index contributed by atoms with van der Waals surface area (Å²) >= 11 is 1.56. The van der Waals surface area contributed by atoms with Crippen molar-refractivity contribution in [3.05, 3.63) is 29.3 Å². The molecular formula is C14H19F3N2OS. The fourth-order valence-corrected chi connectivity index (χ4v) is 2.38. The average molecular weight is 320 g/mol. The van der Waals surface area contributed by atoms with E-state index in [1.54, 1.807) is 18.7 Å². The van der Waals surface area contributed by atoms with Gasteiger partial charge in [0.2, 0.25) is 0 Å². The highest BCUT2D eigenvalue weighted by molar-refractivity contribution is 7.99. The molecule has 1 aromatic carbocycles. The highest BCUT2D eigenvalue weighted by Gasteiger charge is 2.33. The minimum atomic E-state index is -4.54. The van der Waals surface area contributed by atoms with Gasteiger partial charge in [-0.2, -0.15) is 24.9 Å². The van der Waals surface area contributed by atoms with Crippen molar-refractivity contribution in [3.63, 3.8) is 0 Å². The number of aliphatic hydroxyl groups is 1. The van der Waals surface area contributed by atoms with Crippen molar-refractivity contribution in [2.45, 2.75) is 25.6 Å². The second-order valence-corrected chi connectivity index (χ2v) is 6.17. The number of nitrogens with two attached hydrogens (primary N) is 2. The maximum atomic E-state index is 12.7. The van der Waals surface area contributed by atoms with Crippen molar-refractivity contribution in [2.75, 3.05) is 23.0 Å². The number of nitrogen functional groups attached to an aromatic ring is 2. The molecule has 1 unspecified atom stereocenters. The van der Waals surface area contributed by atoms with E-state index in [9.17, 15) is 18.3 Å². The summed E-state index contributed by atoms with van der Waals surface area (Å²) in [6, 6.07) is 1.97. The molecule has 1 aromatic rings. The van der Waals surface area contributed by atoms with Gasteiger partial charge in [0, 0.05) is 17.1 Å². The lowest BCUT2D eigenvalue weighted by molar-refractivity contribution is -0.136. The van der Waals surface area contributed by atoms with E-state index >= 15 is 0 Å². The summed E-state index contributed by atoms with van der Waals surface area (Å²) in [4.78, 5) is 0. The van der Waals surface area contributed by atoms with Crippen LogP contribution in [0, 0.1) is 0 Å². The zero-order chi connectivity index (χ0) is 16.3. The quantitative estimate of drug-likeness (QED) is 0.727. The predicted octanol–water partition coefficient (Wildman–Crippen LogP) is 3.39. The van der Waals surface area contributed by atoms with Gasteiger partial charge in [-0.25, -0.2) is 0 Å². The first-order valence-corrected chi connectivity index (χ1v) is 7.48. The Hall–Kier alpha value is -1.34. The lowest BCUT2D eigenvalue weighted by Crippen LogP contribution is -2.24. The molecular weight excluding hydrogens is 301 g/mol. The van der Waals surface area contributed by atoms with Crippen LogP contribution in [0.5, 0.6) is 0 Å². The Kier molecular flexibility index (Phi) is 5.58. The summed E-state index contributed by atoms with van der Waals surface area (Å²) in [6.07, 6.45) is -1.54. The second kappa shape index (κ2) is 6.62. The zero-order valence-corrected chi connectivity index (χ0v) is 12.7. The molecule has 0 aliphatic carbocycles. The molecule has 0 heterocycles. The molecule has 21 heavy (non-hydrogen) atoms. The molecule has 0 spiro atoms. The van der Waals surface area contributed by atoms with Crippen LogP contribution in [0.15, 0.2) is 18.2 Å². The Bertz CT molecular complexity index is 528. The van der Waals surface area contributed by atoms with Gasteiger partial charge >= 0.3 is 6.18 Å². The number of benzene rings is 1. The van der Waals surface area contributed by atoms with Gasteiger partial charge in [-0.3, -0.25) is 0 Å². The van der Waals surface area contributed by atoms with E-state index in [1.807, 2.05) is 6.92 Å². The SMILES string of the molecule is CCSCC(C)(O)/C=C/c1cc(N)c(C(F)(F)F)cc1N. The third-order valence-electron chi connectivity index (χ3n) is 2.78. The van der Waals surface area contributed by atoms with Crippen molar-refractivity contribution >= 4 is 29.2 Å². The van der Waals surface area contributed by atoms with Gasteiger partial charge in [-0.1, -0.05) is 19.1 Å². The van der Waals surface area contributed by atoms with E-state index in [2.05, 4.69) is 0 Å². The van der Waals surface area contributed by atoms with Crippen molar-refractivity contribution in [1.29, 1.82) is 0 Å². The average Bonchev–Trinajstić information content (AvgIpc) is 2.36. The summed E-state index contributed by atoms with van der Waals surface area (Å²) < 4.78 is 38.0. The summed E-state index contributed by atoms with van der Waals surface area (Å²) in [5, 5.41) is 10.1. The lowest BCUT2D eigenvalue weighted by Gasteiger charge is -2.18. The van der Waals surface area contributed by atoms with Gasteiger partial charge in [0.1, 0.15) is 0 Å². The minimum Gasteiger partial charge on any atom is -0.398 e. The molecule has 0 fully saturated rings. The molecule has 0 saturated carbocycles. The van der Waals surface area contributed by atoms with Crippen molar-refractivity contribution in [3.8, 4) is 0 Å². The van der Waals surface area contributed by atoms with E-state index in [0.29, 0.717) is 11.3 Å². The number of thioether (sulfide) groups is 1. The Balaban J connectivity index is 3.03. The number of alkyl halides is 3. The molecule has 0 aromatic heterocycles. The third kappa shape index (κ3) is 5.17. The first kappa shape index (κ1) is 17.7. The van der Waals surface area contributed by atoms with Gasteiger partial charge < -0.3 is 16.6 Å². The molecule has 0 aliphatic rings. The number of rotatable bonds is 5. The normalized spacial score (nSPS) is 15.3. The van der Waals surface area contributed by atoms with Crippen LogP contribution in [-0.2, 0) is 6.18 Å². The summed E-state index contributed by atoms with van der Waals surface area (Å²) in [6.45, 7) is 3.59. The van der Waals surface area contributed by atoms with Crippen LogP contribution < -0.4 is 11.5 Å². The zero-order valence-electron chi connectivity index (χ0n) is 11.9. The predicted molar refractivity (Wildman–Crippen MR) is 82.9 cm³/mol. The van der Waals surface area contributed by atoms with E-state index < -0.39 is 17.3 Å². The van der Waals surface area contributed by atoms with Gasteiger partial charge in [-0.15, -0.1) is 0 Å². The van der Waals surface area contributed by atoms with Gasteiger partial charge in [0.25, 0.3) is 0 Å². The molecule has 0 saturated heterocycles. The fourth-order valence-electron chi connectivity index (χ4n) is 1.67. The maximum Gasteiger partial charge on any atom is 0.418 e. The molecule has 3 nitrogen and oxygen atoms in total. The Morgan fingerprint density at radius 1 is 1.24 bits per heavy atom. The maximum absolute atomic E-state index is 12.7. The molecule has 0 bridgehead atoms. The largest absolute Gasteiger partial charge is 0.418 e. The first-order chi connectivity index (χ1) is 9.57. The second-order valence-electron chi connectivity index (χ2n) is 4.89. The molecule has 0 radical (unpaired) electrons. The molecule has 1 atom stereocenters. The highest BCUT2D eigenvalue weighted by atomic mass is 32.2. The number of hydrogen-bond acceptors (Lipinski definition) is 4. The third-order valence-corrected chi connectivity index (χ3v) is 3.98. The van der Waals surface area contributed by atoms with E-state index in [-0.39, 0.29) is 11.4 Å². The van der Waals surface area contributed by atoms with Crippen LogP contribution in [0.1, 0.15) is 25.0 Å². The van der Waals surface area contributed by atoms with Crippen LogP contribution in [0.25, 0.3) is 6.08 Å². The van der Waals surface area contributed by atoms with Gasteiger partial charge in [0.15, 0.2) is 0 Å². The Labute approximate surface area is 126 Å². The standard InChI is InChI=1S/C14H19F3N2OS/c1-3-21-8-13(2,20)5-4-9-6-12(19)10(7-11(9)18)14(15,16)17/h4-7,20H,3,8,18-19H2,1-2H3/b5-4+. The molecule has 1 rings (SSSR count). The van der Waals surface area contributed by atoms with Crippen LogP contribution >= 0.6 is 11.8 Å². The van der Waals surface area contributed by atoms with Crippen LogP contribution in [0.4, 0.5) is 24.5 Å². The van der Waals surface area contributed by atoms with E-state index in [4.69, 9.17) is 11.5 Å². The topological polar surface area (TPSA) is 72.3 Å². The van der Waals surface area contributed by atoms with Crippen LogP contribution in [-0.4, -0.2) is 22.2 Å². The molecule has 5 N–H and O–H groups in total. The molecule has 7 heteroatoms. The number of hydrogen-bond donors (Lipinski definition) is 3. The minimum absolute atomic E-state index is 0.0354. The Morgan fingerprint density at radius 2 is 1.86 bits per heavy atom. The lowest BCUT2D eigenvalue weighted by atomic mass is 10.0. The highest BCUT2D eigenvalue weighted by Crippen LogP contribution is 2.36. The molecule has 0 aliphatic heterocycles. The monoisotopic (exact) mass is 320 g/mol. The summed E-state index contributed by atoms with van der Waals surface area (Å²) in [5.41, 5.74) is 8.95.